The Morgan fingerprint density at radius 2 is 2.11 bits per heavy atom. The molecule has 1 aromatic carbocycles. The highest BCUT2D eigenvalue weighted by Crippen LogP contribution is 2.26. The number of piperidine rings is 1. The van der Waals surface area contributed by atoms with Gasteiger partial charge in [0.25, 0.3) is 0 Å². The lowest BCUT2D eigenvalue weighted by Gasteiger charge is -2.30. The molecule has 2 N–H and O–H groups in total. The summed E-state index contributed by atoms with van der Waals surface area (Å²) in [5, 5.41) is 9.69. The first-order chi connectivity index (χ1) is 12.8. The molecule has 27 heavy (non-hydrogen) atoms. The number of anilines is 1. The molecule has 0 aliphatic carbocycles. The van der Waals surface area contributed by atoms with Crippen LogP contribution < -0.4 is 10.1 Å². The van der Waals surface area contributed by atoms with Gasteiger partial charge in [0.05, 0.1) is 0 Å². The van der Waals surface area contributed by atoms with E-state index in [1.807, 2.05) is 6.92 Å². The Bertz CT molecular complexity index is 785. The van der Waals surface area contributed by atoms with Crippen molar-refractivity contribution in [3.8, 4) is 5.75 Å². The number of H-pyrrole nitrogens is 1. The van der Waals surface area contributed by atoms with Crippen LogP contribution in [0.2, 0.25) is 0 Å². The highest BCUT2D eigenvalue weighted by Gasteiger charge is 2.29. The zero-order valence-electron chi connectivity index (χ0n) is 14.7. The lowest BCUT2D eigenvalue weighted by Crippen LogP contribution is -2.40. The first-order valence-corrected chi connectivity index (χ1v) is 8.54. The molecule has 10 heteroatoms. The second kappa shape index (κ2) is 7.85. The number of rotatable bonds is 4. The molecule has 3 rings (SSSR count). The van der Waals surface area contributed by atoms with Crippen LogP contribution in [-0.2, 0) is 0 Å². The van der Waals surface area contributed by atoms with Crippen LogP contribution >= 0.6 is 0 Å². The second-order valence-corrected chi connectivity index (χ2v) is 6.40. The van der Waals surface area contributed by atoms with Gasteiger partial charge in [-0.25, -0.2) is 9.78 Å². The van der Waals surface area contributed by atoms with Crippen LogP contribution in [0.3, 0.4) is 0 Å². The molecule has 1 aliphatic rings. The maximum absolute atomic E-state index is 12.4. The Labute approximate surface area is 153 Å². The van der Waals surface area contributed by atoms with Crippen LogP contribution in [0.15, 0.2) is 24.3 Å². The molecular weight excluding hydrogens is 363 g/mol. The molecule has 2 aromatic rings. The van der Waals surface area contributed by atoms with Crippen LogP contribution in [0.4, 0.5) is 23.7 Å². The van der Waals surface area contributed by atoms with Gasteiger partial charge >= 0.3 is 12.2 Å². The van der Waals surface area contributed by atoms with Crippen molar-refractivity contribution < 1.29 is 22.7 Å². The predicted octanol–water partition coefficient (Wildman–Crippen LogP) is 3.47. The van der Waals surface area contributed by atoms with E-state index in [4.69, 9.17) is 4.74 Å². The van der Waals surface area contributed by atoms with Crippen LogP contribution in [0.1, 0.15) is 30.4 Å². The van der Waals surface area contributed by atoms with Crippen molar-refractivity contribution in [2.75, 3.05) is 25.0 Å². The fourth-order valence-corrected chi connectivity index (χ4v) is 2.91. The van der Waals surface area contributed by atoms with E-state index in [1.54, 1.807) is 11.0 Å². The number of nitrogens with zero attached hydrogens (tertiary/aromatic N) is 3. The number of aromatic nitrogens is 3. The number of amides is 2. The molecule has 1 aliphatic heterocycles. The van der Waals surface area contributed by atoms with E-state index in [9.17, 15) is 18.0 Å². The van der Waals surface area contributed by atoms with Crippen LogP contribution in [0.5, 0.6) is 5.75 Å². The molecule has 0 atom stereocenters. The topological polar surface area (TPSA) is 83.1 Å². The van der Waals surface area contributed by atoms with E-state index in [-0.39, 0.29) is 17.7 Å². The Morgan fingerprint density at radius 1 is 1.37 bits per heavy atom. The van der Waals surface area contributed by atoms with Crippen LogP contribution in [0, 0.1) is 6.92 Å². The van der Waals surface area contributed by atoms with Gasteiger partial charge < -0.3 is 15.0 Å². The van der Waals surface area contributed by atoms with Gasteiger partial charge in [-0.2, -0.15) is 18.3 Å². The van der Waals surface area contributed by atoms with Crippen LogP contribution in [-0.4, -0.2) is 52.0 Å². The first-order valence-electron chi connectivity index (χ1n) is 8.54. The molecule has 0 spiro atoms. The standard InChI is InChI=1S/C17H20F3N5O2/c1-11-21-15(24-23-11)12-5-7-25(8-6-12)16(26)22-13-3-2-4-14(9-13)27-10-17(18,19)20/h2-4,9,12H,5-8,10H2,1H3,(H,22,26)(H,21,23,24). The molecule has 7 nitrogen and oxygen atoms in total. The van der Waals surface area contributed by atoms with Gasteiger partial charge in [0, 0.05) is 30.8 Å². The minimum absolute atomic E-state index is 0.0452. The number of carbonyl (C=O) groups is 1. The number of aromatic amines is 1. The predicted molar refractivity (Wildman–Crippen MR) is 91.7 cm³/mol. The van der Waals surface area contributed by atoms with Crippen molar-refractivity contribution in [1.82, 2.24) is 20.1 Å². The average Bonchev–Trinajstić information content (AvgIpc) is 3.06. The molecule has 1 saturated heterocycles. The average molecular weight is 383 g/mol. The third-order valence-electron chi connectivity index (χ3n) is 4.25. The zero-order chi connectivity index (χ0) is 19.4. The van der Waals surface area contributed by atoms with E-state index in [2.05, 4.69) is 20.5 Å². The second-order valence-electron chi connectivity index (χ2n) is 6.40. The molecule has 0 unspecified atom stereocenters. The van der Waals surface area contributed by atoms with Crippen molar-refractivity contribution in [2.45, 2.75) is 31.9 Å². The minimum atomic E-state index is -4.41. The van der Waals surface area contributed by atoms with Crippen molar-refractivity contribution in [1.29, 1.82) is 0 Å². The summed E-state index contributed by atoms with van der Waals surface area (Å²) >= 11 is 0. The Morgan fingerprint density at radius 3 is 2.74 bits per heavy atom. The van der Waals surface area contributed by atoms with E-state index in [0.29, 0.717) is 18.8 Å². The number of ether oxygens (including phenoxy) is 1. The van der Waals surface area contributed by atoms with Gasteiger partial charge in [-0.1, -0.05) is 6.07 Å². The van der Waals surface area contributed by atoms with E-state index in [1.165, 1.54) is 18.2 Å². The normalized spacial score (nSPS) is 15.6. The Balaban J connectivity index is 1.52. The largest absolute Gasteiger partial charge is 0.484 e. The van der Waals surface area contributed by atoms with E-state index in [0.717, 1.165) is 24.5 Å². The van der Waals surface area contributed by atoms with Gasteiger partial charge in [0.15, 0.2) is 12.4 Å². The molecule has 2 amide bonds. The molecular formula is C17H20F3N5O2. The summed E-state index contributed by atoms with van der Waals surface area (Å²) in [4.78, 5) is 18.4. The third-order valence-corrected chi connectivity index (χ3v) is 4.25. The Hall–Kier alpha value is -2.78. The molecule has 146 valence electrons. The summed E-state index contributed by atoms with van der Waals surface area (Å²) in [5.41, 5.74) is 0.381. The quantitative estimate of drug-likeness (QED) is 0.847. The molecule has 2 heterocycles. The number of carbonyl (C=O) groups excluding carboxylic acids is 1. The Kier molecular flexibility index (Phi) is 5.52. The number of likely N-dealkylation sites (tertiary alicyclic amines) is 1. The third kappa shape index (κ3) is 5.35. The monoisotopic (exact) mass is 383 g/mol. The van der Waals surface area contributed by atoms with Gasteiger partial charge in [-0.15, -0.1) is 0 Å². The van der Waals surface area contributed by atoms with Crippen molar-refractivity contribution in [3.63, 3.8) is 0 Å². The first kappa shape index (κ1) is 19.0. The molecule has 1 fully saturated rings. The minimum Gasteiger partial charge on any atom is -0.484 e. The van der Waals surface area contributed by atoms with E-state index >= 15 is 0 Å². The van der Waals surface area contributed by atoms with Crippen molar-refractivity contribution in [2.24, 2.45) is 0 Å². The van der Waals surface area contributed by atoms with Gasteiger partial charge in [-0.05, 0) is 31.9 Å². The lowest BCUT2D eigenvalue weighted by atomic mass is 9.96. The summed E-state index contributed by atoms with van der Waals surface area (Å²) in [5.74, 6) is 1.78. The number of hydrogen-bond donors (Lipinski definition) is 2. The zero-order valence-corrected chi connectivity index (χ0v) is 14.7. The highest BCUT2D eigenvalue weighted by atomic mass is 19.4. The summed E-state index contributed by atoms with van der Waals surface area (Å²) in [7, 11) is 0. The van der Waals surface area contributed by atoms with Gasteiger partial charge in [0.1, 0.15) is 11.6 Å². The van der Waals surface area contributed by atoms with Crippen molar-refractivity contribution in [3.05, 3.63) is 35.9 Å². The summed E-state index contributed by atoms with van der Waals surface area (Å²) in [6.07, 6.45) is -2.91. The number of aryl methyl sites for hydroxylation is 1. The fraction of sp³-hybridized carbons (Fsp3) is 0.471. The maximum atomic E-state index is 12.4. The summed E-state index contributed by atoms with van der Waals surface area (Å²) in [6.45, 7) is 1.56. The van der Waals surface area contributed by atoms with Gasteiger partial charge in [-0.3, -0.25) is 5.10 Å². The molecule has 1 aromatic heterocycles. The number of benzene rings is 1. The summed E-state index contributed by atoms with van der Waals surface area (Å²) in [6, 6.07) is 5.60. The number of halogens is 3. The molecule has 0 saturated carbocycles. The molecule has 0 bridgehead atoms. The fourth-order valence-electron chi connectivity index (χ4n) is 2.91. The van der Waals surface area contributed by atoms with Gasteiger partial charge in [0.2, 0.25) is 0 Å². The number of urea groups is 1. The molecule has 0 radical (unpaired) electrons. The van der Waals surface area contributed by atoms with Crippen molar-refractivity contribution >= 4 is 11.7 Å². The smallest absolute Gasteiger partial charge is 0.422 e. The number of nitrogens with one attached hydrogen (secondary N) is 2. The summed E-state index contributed by atoms with van der Waals surface area (Å²) < 4.78 is 41.4. The number of alkyl halides is 3. The van der Waals surface area contributed by atoms with E-state index < -0.39 is 12.8 Å². The number of hydrogen-bond acceptors (Lipinski definition) is 4. The maximum Gasteiger partial charge on any atom is 0.422 e. The van der Waals surface area contributed by atoms with Crippen LogP contribution in [0.25, 0.3) is 0 Å². The SMILES string of the molecule is Cc1nc(C2CCN(C(=O)Nc3cccc(OCC(F)(F)F)c3)CC2)n[nH]1. The lowest BCUT2D eigenvalue weighted by molar-refractivity contribution is -0.153. The highest BCUT2D eigenvalue weighted by molar-refractivity contribution is 5.89.